The standard InChI is InChI=1S/C15H11F2NO3/c16-10-5-6-13(12(17)8-10)18-14(19)7-9-3-1-2-4-11(9)15(20)21/h1-6,8H,7H2,(H,18,19)(H,20,21). The van der Waals surface area contributed by atoms with Gasteiger partial charge in [-0.25, -0.2) is 13.6 Å². The van der Waals surface area contributed by atoms with Crippen molar-refractivity contribution in [2.45, 2.75) is 6.42 Å². The molecule has 0 unspecified atom stereocenters. The van der Waals surface area contributed by atoms with Crippen LogP contribution < -0.4 is 5.32 Å². The van der Waals surface area contributed by atoms with Gasteiger partial charge in [-0.05, 0) is 23.8 Å². The van der Waals surface area contributed by atoms with Gasteiger partial charge in [-0.1, -0.05) is 18.2 Å². The molecule has 0 aromatic heterocycles. The second kappa shape index (κ2) is 6.13. The first-order chi connectivity index (χ1) is 9.97. The number of carboxylic acid groups (broad SMARTS) is 1. The summed E-state index contributed by atoms with van der Waals surface area (Å²) in [5.41, 5.74) is 0.159. The quantitative estimate of drug-likeness (QED) is 0.910. The first kappa shape index (κ1) is 14.6. The van der Waals surface area contributed by atoms with Crippen LogP contribution >= 0.6 is 0 Å². The number of hydrogen-bond acceptors (Lipinski definition) is 2. The fourth-order valence-corrected chi connectivity index (χ4v) is 1.84. The number of carbonyl (C=O) groups excluding carboxylic acids is 1. The van der Waals surface area contributed by atoms with E-state index in [0.29, 0.717) is 11.6 Å². The van der Waals surface area contributed by atoms with E-state index in [4.69, 9.17) is 5.11 Å². The Morgan fingerprint density at radius 3 is 2.48 bits per heavy atom. The summed E-state index contributed by atoms with van der Waals surface area (Å²) in [6, 6.07) is 8.81. The fraction of sp³-hybridized carbons (Fsp3) is 0.0667. The molecule has 21 heavy (non-hydrogen) atoms. The number of carbonyl (C=O) groups is 2. The van der Waals surface area contributed by atoms with E-state index in [-0.39, 0.29) is 17.7 Å². The summed E-state index contributed by atoms with van der Waals surface area (Å²) in [6.07, 6.45) is -0.223. The highest BCUT2D eigenvalue weighted by molar-refractivity contribution is 5.96. The second-order valence-electron chi connectivity index (χ2n) is 4.31. The molecule has 0 fully saturated rings. The lowest BCUT2D eigenvalue weighted by Gasteiger charge is -2.08. The summed E-state index contributed by atoms with van der Waals surface area (Å²) in [6.45, 7) is 0. The van der Waals surface area contributed by atoms with Crippen molar-refractivity contribution >= 4 is 17.6 Å². The van der Waals surface area contributed by atoms with Gasteiger partial charge in [-0.3, -0.25) is 4.79 Å². The highest BCUT2D eigenvalue weighted by Gasteiger charge is 2.14. The van der Waals surface area contributed by atoms with Crippen LogP contribution in [0.1, 0.15) is 15.9 Å². The van der Waals surface area contributed by atoms with Gasteiger partial charge in [0.2, 0.25) is 5.91 Å². The molecule has 0 saturated carbocycles. The van der Waals surface area contributed by atoms with E-state index < -0.39 is 23.5 Å². The zero-order valence-electron chi connectivity index (χ0n) is 10.8. The first-order valence-electron chi connectivity index (χ1n) is 6.03. The maximum absolute atomic E-state index is 13.4. The van der Waals surface area contributed by atoms with E-state index in [1.807, 2.05) is 0 Å². The highest BCUT2D eigenvalue weighted by atomic mass is 19.1. The number of nitrogens with one attached hydrogen (secondary N) is 1. The van der Waals surface area contributed by atoms with Crippen LogP contribution in [0.25, 0.3) is 0 Å². The van der Waals surface area contributed by atoms with Gasteiger partial charge < -0.3 is 10.4 Å². The molecule has 2 aromatic carbocycles. The SMILES string of the molecule is O=C(Cc1ccccc1C(=O)O)Nc1ccc(F)cc1F. The Morgan fingerprint density at radius 2 is 1.81 bits per heavy atom. The van der Waals surface area contributed by atoms with Crippen LogP contribution in [0.15, 0.2) is 42.5 Å². The van der Waals surface area contributed by atoms with Crippen molar-refractivity contribution in [3.63, 3.8) is 0 Å². The lowest BCUT2D eigenvalue weighted by Crippen LogP contribution is -2.17. The largest absolute Gasteiger partial charge is 0.478 e. The van der Waals surface area contributed by atoms with Gasteiger partial charge in [0.25, 0.3) is 0 Å². The Balaban J connectivity index is 2.14. The minimum absolute atomic E-state index is 0.00669. The maximum atomic E-state index is 13.4. The number of benzene rings is 2. The monoisotopic (exact) mass is 291 g/mol. The number of anilines is 1. The fourth-order valence-electron chi connectivity index (χ4n) is 1.84. The van der Waals surface area contributed by atoms with Crippen LogP contribution in [0.2, 0.25) is 0 Å². The molecule has 0 saturated heterocycles. The van der Waals surface area contributed by atoms with Crippen LogP contribution in [0.5, 0.6) is 0 Å². The zero-order chi connectivity index (χ0) is 15.4. The summed E-state index contributed by atoms with van der Waals surface area (Å²) < 4.78 is 26.2. The van der Waals surface area contributed by atoms with Gasteiger partial charge in [0, 0.05) is 6.07 Å². The van der Waals surface area contributed by atoms with Crippen molar-refractivity contribution in [2.75, 3.05) is 5.32 Å². The van der Waals surface area contributed by atoms with Crippen molar-refractivity contribution < 1.29 is 23.5 Å². The van der Waals surface area contributed by atoms with Gasteiger partial charge >= 0.3 is 5.97 Å². The number of rotatable bonds is 4. The maximum Gasteiger partial charge on any atom is 0.335 e. The lowest BCUT2D eigenvalue weighted by molar-refractivity contribution is -0.115. The third-order valence-corrected chi connectivity index (χ3v) is 2.80. The Bertz CT molecular complexity index is 701. The van der Waals surface area contributed by atoms with Gasteiger partial charge in [-0.2, -0.15) is 0 Å². The molecule has 2 N–H and O–H groups in total. The average Bonchev–Trinajstić information content (AvgIpc) is 2.42. The van der Waals surface area contributed by atoms with Crippen molar-refractivity contribution in [1.82, 2.24) is 0 Å². The zero-order valence-corrected chi connectivity index (χ0v) is 10.8. The van der Waals surface area contributed by atoms with E-state index >= 15 is 0 Å². The van der Waals surface area contributed by atoms with Crippen LogP contribution in [0, 0.1) is 11.6 Å². The molecule has 0 bridgehead atoms. The molecule has 0 atom stereocenters. The number of aromatic carboxylic acids is 1. The molecule has 6 heteroatoms. The summed E-state index contributed by atoms with van der Waals surface area (Å²) >= 11 is 0. The molecular weight excluding hydrogens is 280 g/mol. The number of hydrogen-bond donors (Lipinski definition) is 2. The van der Waals surface area contributed by atoms with Crippen LogP contribution in [0.3, 0.4) is 0 Å². The average molecular weight is 291 g/mol. The van der Waals surface area contributed by atoms with E-state index in [1.54, 1.807) is 12.1 Å². The summed E-state index contributed by atoms with van der Waals surface area (Å²) in [7, 11) is 0. The summed E-state index contributed by atoms with van der Waals surface area (Å²) in [4.78, 5) is 22.8. The highest BCUT2D eigenvalue weighted by Crippen LogP contribution is 2.16. The molecule has 0 radical (unpaired) electrons. The van der Waals surface area contributed by atoms with E-state index in [0.717, 1.165) is 12.1 Å². The van der Waals surface area contributed by atoms with Crippen LogP contribution in [-0.2, 0) is 11.2 Å². The molecule has 108 valence electrons. The van der Waals surface area contributed by atoms with Crippen molar-refractivity contribution in [3.8, 4) is 0 Å². The van der Waals surface area contributed by atoms with E-state index in [9.17, 15) is 18.4 Å². The van der Waals surface area contributed by atoms with E-state index in [2.05, 4.69) is 5.32 Å². The van der Waals surface area contributed by atoms with Crippen molar-refractivity contribution in [1.29, 1.82) is 0 Å². The number of halogens is 2. The Hall–Kier alpha value is -2.76. The third-order valence-electron chi connectivity index (χ3n) is 2.80. The number of amides is 1. The predicted molar refractivity (Wildman–Crippen MR) is 72.1 cm³/mol. The second-order valence-corrected chi connectivity index (χ2v) is 4.31. The van der Waals surface area contributed by atoms with E-state index in [1.165, 1.54) is 12.1 Å². The van der Waals surface area contributed by atoms with Crippen LogP contribution in [0.4, 0.5) is 14.5 Å². The molecule has 0 aliphatic carbocycles. The van der Waals surface area contributed by atoms with Crippen molar-refractivity contribution in [2.24, 2.45) is 0 Å². The molecule has 2 aromatic rings. The minimum atomic E-state index is -1.15. The molecule has 4 nitrogen and oxygen atoms in total. The molecule has 0 aliphatic rings. The minimum Gasteiger partial charge on any atom is -0.478 e. The molecular formula is C15H11F2NO3. The Kier molecular flexibility index (Phi) is 4.27. The Morgan fingerprint density at radius 1 is 1.10 bits per heavy atom. The molecule has 1 amide bonds. The molecule has 0 spiro atoms. The lowest BCUT2D eigenvalue weighted by atomic mass is 10.0. The first-order valence-corrected chi connectivity index (χ1v) is 6.03. The topological polar surface area (TPSA) is 66.4 Å². The Labute approximate surface area is 119 Å². The molecule has 0 aliphatic heterocycles. The number of carboxylic acids is 1. The molecule has 0 heterocycles. The normalized spacial score (nSPS) is 10.2. The smallest absolute Gasteiger partial charge is 0.335 e. The van der Waals surface area contributed by atoms with Gasteiger partial charge in [0.05, 0.1) is 17.7 Å². The van der Waals surface area contributed by atoms with Gasteiger partial charge in [0.1, 0.15) is 11.6 Å². The van der Waals surface area contributed by atoms with Gasteiger partial charge in [0.15, 0.2) is 0 Å². The van der Waals surface area contributed by atoms with Crippen LogP contribution in [-0.4, -0.2) is 17.0 Å². The predicted octanol–water partition coefficient (Wildman–Crippen LogP) is 2.84. The summed E-state index contributed by atoms with van der Waals surface area (Å²) in [5, 5.41) is 11.3. The third kappa shape index (κ3) is 3.62. The van der Waals surface area contributed by atoms with Crippen molar-refractivity contribution in [3.05, 3.63) is 65.2 Å². The summed E-state index contributed by atoms with van der Waals surface area (Å²) in [5.74, 6) is -3.38. The molecule has 2 rings (SSSR count). The van der Waals surface area contributed by atoms with Gasteiger partial charge in [-0.15, -0.1) is 0 Å².